The number of alkyl halides is 2. The SMILES string of the molecule is CCCC[C@@H](Cl)[C@H](I)CCCC. The summed E-state index contributed by atoms with van der Waals surface area (Å²) in [5.41, 5.74) is 0. The van der Waals surface area contributed by atoms with E-state index in [-0.39, 0.29) is 0 Å². The maximum Gasteiger partial charge on any atom is 0.0453 e. The van der Waals surface area contributed by atoms with Gasteiger partial charge < -0.3 is 0 Å². The second kappa shape index (κ2) is 8.61. The average Bonchev–Trinajstić information content (AvgIpc) is 2.10. The number of halogens is 2. The van der Waals surface area contributed by atoms with Crippen molar-refractivity contribution >= 4 is 34.2 Å². The molecule has 0 aliphatic carbocycles. The Morgan fingerprint density at radius 1 is 1.08 bits per heavy atom. The fourth-order valence-corrected chi connectivity index (χ4v) is 2.24. The van der Waals surface area contributed by atoms with Gasteiger partial charge in [-0.05, 0) is 12.8 Å². The zero-order valence-electron chi connectivity index (χ0n) is 8.15. The van der Waals surface area contributed by atoms with Gasteiger partial charge in [0.05, 0.1) is 0 Å². The highest BCUT2D eigenvalue weighted by Gasteiger charge is 2.14. The number of rotatable bonds is 7. The van der Waals surface area contributed by atoms with Crippen LogP contribution in [-0.2, 0) is 0 Å². The summed E-state index contributed by atoms with van der Waals surface area (Å²) < 4.78 is 0.677. The quantitative estimate of drug-likeness (QED) is 0.469. The molecule has 0 N–H and O–H groups in total. The Morgan fingerprint density at radius 3 is 2.08 bits per heavy atom. The van der Waals surface area contributed by atoms with Gasteiger partial charge in [-0.1, -0.05) is 62.1 Å². The van der Waals surface area contributed by atoms with E-state index in [1.165, 1.54) is 38.5 Å². The first-order chi connectivity index (χ1) is 5.72. The lowest BCUT2D eigenvalue weighted by atomic mass is 10.1. The van der Waals surface area contributed by atoms with Crippen molar-refractivity contribution in [2.45, 2.75) is 61.7 Å². The predicted octanol–water partition coefficient (Wildman–Crippen LogP) is 4.78. The molecule has 74 valence electrons. The van der Waals surface area contributed by atoms with Crippen molar-refractivity contribution in [2.24, 2.45) is 0 Å². The first-order valence-electron chi connectivity index (χ1n) is 5.00. The fourth-order valence-electron chi connectivity index (χ4n) is 1.16. The van der Waals surface area contributed by atoms with Gasteiger partial charge in [-0.3, -0.25) is 0 Å². The van der Waals surface area contributed by atoms with Crippen LogP contribution < -0.4 is 0 Å². The molecule has 0 saturated carbocycles. The summed E-state index contributed by atoms with van der Waals surface area (Å²) in [6, 6.07) is 0. The topological polar surface area (TPSA) is 0 Å². The van der Waals surface area contributed by atoms with Crippen LogP contribution in [-0.4, -0.2) is 9.30 Å². The minimum atomic E-state index is 0.400. The first kappa shape index (κ1) is 13.0. The first-order valence-corrected chi connectivity index (χ1v) is 6.68. The second-order valence-corrected chi connectivity index (χ2v) is 5.48. The van der Waals surface area contributed by atoms with Gasteiger partial charge in [0.2, 0.25) is 0 Å². The smallest absolute Gasteiger partial charge is 0.0453 e. The maximum atomic E-state index is 6.24. The highest BCUT2D eigenvalue weighted by molar-refractivity contribution is 14.1. The van der Waals surface area contributed by atoms with E-state index in [2.05, 4.69) is 36.4 Å². The van der Waals surface area contributed by atoms with Crippen molar-refractivity contribution in [3.05, 3.63) is 0 Å². The summed E-state index contributed by atoms with van der Waals surface area (Å²) in [6.45, 7) is 4.45. The molecule has 0 nitrogen and oxygen atoms in total. The van der Waals surface area contributed by atoms with Crippen molar-refractivity contribution in [3.63, 3.8) is 0 Å². The number of hydrogen-bond donors (Lipinski definition) is 0. The Morgan fingerprint density at radius 2 is 1.58 bits per heavy atom. The van der Waals surface area contributed by atoms with Crippen molar-refractivity contribution in [2.75, 3.05) is 0 Å². The molecule has 0 heterocycles. The van der Waals surface area contributed by atoms with Crippen molar-refractivity contribution in [1.82, 2.24) is 0 Å². The lowest BCUT2D eigenvalue weighted by Gasteiger charge is -2.15. The van der Waals surface area contributed by atoms with Gasteiger partial charge >= 0.3 is 0 Å². The Kier molecular flexibility index (Phi) is 9.34. The molecule has 2 heteroatoms. The van der Waals surface area contributed by atoms with Crippen LogP contribution in [0.3, 0.4) is 0 Å². The third-order valence-corrected chi connectivity index (χ3v) is 4.50. The lowest BCUT2D eigenvalue weighted by molar-refractivity contribution is 0.616. The molecular weight excluding hydrogens is 282 g/mol. The van der Waals surface area contributed by atoms with Crippen LogP contribution in [0.4, 0.5) is 0 Å². The molecule has 0 aromatic rings. The van der Waals surface area contributed by atoms with Gasteiger partial charge in [-0.2, -0.15) is 0 Å². The molecule has 0 bridgehead atoms. The van der Waals surface area contributed by atoms with Crippen LogP contribution in [0.15, 0.2) is 0 Å². The van der Waals surface area contributed by atoms with Crippen LogP contribution in [0.5, 0.6) is 0 Å². The van der Waals surface area contributed by atoms with Crippen molar-refractivity contribution in [1.29, 1.82) is 0 Å². The van der Waals surface area contributed by atoms with Gasteiger partial charge in [-0.15, -0.1) is 11.6 Å². The molecule has 2 atom stereocenters. The minimum absolute atomic E-state index is 0.400. The summed E-state index contributed by atoms with van der Waals surface area (Å²) in [5.74, 6) is 0. The summed E-state index contributed by atoms with van der Waals surface area (Å²) in [4.78, 5) is 0. The molecule has 12 heavy (non-hydrogen) atoms. The van der Waals surface area contributed by atoms with Crippen LogP contribution >= 0.6 is 34.2 Å². The van der Waals surface area contributed by atoms with E-state index in [0.29, 0.717) is 9.30 Å². The Hall–Kier alpha value is 1.02. The van der Waals surface area contributed by atoms with E-state index >= 15 is 0 Å². The van der Waals surface area contributed by atoms with Crippen LogP contribution in [0.25, 0.3) is 0 Å². The summed E-state index contributed by atoms with van der Waals surface area (Å²) in [7, 11) is 0. The van der Waals surface area contributed by atoms with E-state index in [0.717, 1.165) is 0 Å². The monoisotopic (exact) mass is 302 g/mol. The molecule has 0 rings (SSSR count). The summed E-state index contributed by atoms with van der Waals surface area (Å²) >= 11 is 8.74. The largest absolute Gasteiger partial charge is 0.122 e. The zero-order chi connectivity index (χ0) is 9.40. The zero-order valence-corrected chi connectivity index (χ0v) is 11.1. The standard InChI is InChI=1S/C10H20ClI/c1-3-5-7-9(11)10(12)8-6-4-2/h9-10H,3-8H2,1-2H3/t9-,10-/m1/s1. The third-order valence-electron chi connectivity index (χ3n) is 2.06. The molecule has 0 aliphatic heterocycles. The Bertz CT molecular complexity index is 83.8. The van der Waals surface area contributed by atoms with Gasteiger partial charge in [-0.25, -0.2) is 0 Å². The Balaban J connectivity index is 3.39. The third kappa shape index (κ3) is 6.53. The molecule has 0 saturated heterocycles. The molecule has 0 unspecified atom stereocenters. The summed E-state index contributed by atoms with van der Waals surface area (Å²) in [6.07, 6.45) is 7.63. The van der Waals surface area contributed by atoms with E-state index in [4.69, 9.17) is 11.6 Å². The predicted molar refractivity (Wildman–Crippen MR) is 66.5 cm³/mol. The van der Waals surface area contributed by atoms with Gasteiger partial charge in [0.15, 0.2) is 0 Å². The second-order valence-electron chi connectivity index (χ2n) is 3.32. The maximum absolute atomic E-state index is 6.24. The van der Waals surface area contributed by atoms with Crippen LogP contribution in [0.1, 0.15) is 52.4 Å². The van der Waals surface area contributed by atoms with E-state index in [9.17, 15) is 0 Å². The highest BCUT2D eigenvalue weighted by Crippen LogP contribution is 2.23. The average molecular weight is 303 g/mol. The normalized spacial score (nSPS) is 16.0. The van der Waals surface area contributed by atoms with E-state index in [1.807, 2.05) is 0 Å². The molecule has 0 radical (unpaired) electrons. The van der Waals surface area contributed by atoms with Crippen LogP contribution in [0, 0.1) is 0 Å². The van der Waals surface area contributed by atoms with Gasteiger partial charge in [0.25, 0.3) is 0 Å². The van der Waals surface area contributed by atoms with E-state index in [1.54, 1.807) is 0 Å². The molecular formula is C10H20ClI. The minimum Gasteiger partial charge on any atom is -0.122 e. The molecule has 0 fully saturated rings. The van der Waals surface area contributed by atoms with Gasteiger partial charge in [0.1, 0.15) is 0 Å². The molecule has 0 amide bonds. The molecule has 0 aliphatic rings. The Labute approximate surface area is 95.6 Å². The van der Waals surface area contributed by atoms with Crippen molar-refractivity contribution in [3.8, 4) is 0 Å². The van der Waals surface area contributed by atoms with E-state index < -0.39 is 0 Å². The van der Waals surface area contributed by atoms with Crippen molar-refractivity contribution < 1.29 is 0 Å². The molecule has 0 aromatic carbocycles. The lowest BCUT2D eigenvalue weighted by Crippen LogP contribution is -2.13. The van der Waals surface area contributed by atoms with Crippen LogP contribution in [0.2, 0.25) is 0 Å². The fraction of sp³-hybridized carbons (Fsp3) is 1.00. The van der Waals surface area contributed by atoms with Gasteiger partial charge in [0, 0.05) is 9.30 Å². The summed E-state index contributed by atoms with van der Waals surface area (Å²) in [5, 5.41) is 0.400. The highest BCUT2D eigenvalue weighted by atomic mass is 127. The number of unbranched alkanes of at least 4 members (excludes halogenated alkanes) is 2. The molecule has 0 aromatic heterocycles. The number of hydrogen-bond acceptors (Lipinski definition) is 0. The molecule has 0 spiro atoms.